The van der Waals surface area contributed by atoms with Crippen molar-refractivity contribution in [2.24, 2.45) is 11.1 Å². The van der Waals surface area contributed by atoms with E-state index in [2.05, 4.69) is 11.8 Å². The fourth-order valence-electron chi connectivity index (χ4n) is 2.33. The van der Waals surface area contributed by atoms with Crippen LogP contribution in [-0.2, 0) is 0 Å². The lowest BCUT2D eigenvalue weighted by atomic mass is 9.90. The Hall–Kier alpha value is -0.480. The Kier molecular flexibility index (Phi) is 6.40. The maximum atomic E-state index is 6.03. The molecule has 0 bridgehead atoms. The van der Waals surface area contributed by atoms with Crippen LogP contribution >= 0.6 is 24.0 Å². The zero-order chi connectivity index (χ0) is 13.0. The van der Waals surface area contributed by atoms with Crippen molar-refractivity contribution < 1.29 is 4.74 Å². The quantitative estimate of drug-likeness (QED) is 0.909. The molecule has 1 aromatic rings. The van der Waals surface area contributed by atoms with E-state index in [1.54, 1.807) is 0 Å². The van der Waals surface area contributed by atoms with Crippen LogP contribution in [0.4, 0.5) is 0 Å². The second-order valence-corrected chi connectivity index (χ2v) is 5.73. The summed E-state index contributed by atoms with van der Waals surface area (Å²) in [4.78, 5) is 2.41. The van der Waals surface area contributed by atoms with Crippen molar-refractivity contribution in [3.8, 4) is 5.75 Å². The third-order valence-corrected chi connectivity index (χ3v) is 3.94. The zero-order valence-electron chi connectivity index (χ0n) is 11.3. The molecule has 2 rings (SSSR count). The van der Waals surface area contributed by atoms with Gasteiger partial charge in [-0.25, -0.2) is 0 Å². The molecule has 1 atom stereocenters. The van der Waals surface area contributed by atoms with E-state index < -0.39 is 0 Å². The van der Waals surface area contributed by atoms with Crippen molar-refractivity contribution in [3.63, 3.8) is 0 Å². The number of halogens is 2. The molecule has 1 aromatic carbocycles. The first kappa shape index (κ1) is 16.6. The molecule has 0 aliphatic carbocycles. The molecule has 0 amide bonds. The van der Waals surface area contributed by atoms with E-state index in [1.165, 1.54) is 6.42 Å². The molecule has 0 radical (unpaired) electrons. The fourth-order valence-corrected chi connectivity index (χ4v) is 2.52. The zero-order valence-corrected chi connectivity index (χ0v) is 12.8. The molecule has 1 fully saturated rings. The molecule has 19 heavy (non-hydrogen) atoms. The molecule has 0 spiro atoms. The summed E-state index contributed by atoms with van der Waals surface area (Å²) in [7, 11) is 0. The summed E-state index contributed by atoms with van der Waals surface area (Å²) in [5, 5.41) is 0.672. The number of para-hydroxylation sites is 1. The normalized spacial score (nSPS) is 23.1. The molecule has 1 heterocycles. The second-order valence-electron chi connectivity index (χ2n) is 5.32. The van der Waals surface area contributed by atoms with Gasteiger partial charge in [-0.3, -0.25) is 4.90 Å². The second kappa shape index (κ2) is 7.34. The van der Waals surface area contributed by atoms with Crippen LogP contribution in [0.1, 0.15) is 13.3 Å². The van der Waals surface area contributed by atoms with Crippen molar-refractivity contribution in [1.82, 2.24) is 4.90 Å². The van der Waals surface area contributed by atoms with Gasteiger partial charge in [-0.2, -0.15) is 0 Å². The van der Waals surface area contributed by atoms with Gasteiger partial charge in [0.1, 0.15) is 12.4 Å². The molecule has 1 aliphatic rings. The summed E-state index contributed by atoms with van der Waals surface area (Å²) in [6, 6.07) is 7.58. The smallest absolute Gasteiger partial charge is 0.137 e. The number of benzene rings is 1. The van der Waals surface area contributed by atoms with E-state index >= 15 is 0 Å². The summed E-state index contributed by atoms with van der Waals surface area (Å²) in [5.41, 5.74) is 6.08. The predicted molar refractivity (Wildman–Crippen MR) is 82.4 cm³/mol. The van der Waals surface area contributed by atoms with Crippen molar-refractivity contribution in [3.05, 3.63) is 29.3 Å². The van der Waals surface area contributed by atoms with E-state index in [9.17, 15) is 0 Å². The fraction of sp³-hybridized carbons (Fsp3) is 0.571. The monoisotopic (exact) mass is 304 g/mol. The average molecular weight is 305 g/mol. The third-order valence-electron chi connectivity index (χ3n) is 3.63. The highest BCUT2D eigenvalue weighted by Gasteiger charge is 2.31. The molecule has 0 saturated carbocycles. The first-order valence-corrected chi connectivity index (χ1v) is 6.80. The Labute approximate surface area is 126 Å². The Bertz CT molecular complexity index is 403. The highest BCUT2D eigenvalue weighted by molar-refractivity contribution is 6.32. The van der Waals surface area contributed by atoms with Crippen molar-refractivity contribution in [2.75, 3.05) is 32.8 Å². The molecule has 1 saturated heterocycles. The van der Waals surface area contributed by atoms with Crippen LogP contribution in [0, 0.1) is 5.41 Å². The molecule has 2 N–H and O–H groups in total. The predicted octanol–water partition coefficient (Wildman–Crippen LogP) is 2.81. The van der Waals surface area contributed by atoms with E-state index in [1.807, 2.05) is 24.3 Å². The van der Waals surface area contributed by atoms with Gasteiger partial charge in [0.15, 0.2) is 0 Å². The Morgan fingerprint density at radius 1 is 1.42 bits per heavy atom. The molecule has 108 valence electrons. The third kappa shape index (κ3) is 4.53. The highest BCUT2D eigenvalue weighted by atomic mass is 35.5. The first-order valence-electron chi connectivity index (χ1n) is 6.43. The number of likely N-dealkylation sites (tertiary alicyclic amines) is 1. The van der Waals surface area contributed by atoms with E-state index in [4.69, 9.17) is 22.1 Å². The lowest BCUT2D eigenvalue weighted by Gasteiger charge is -2.22. The molecule has 3 nitrogen and oxygen atoms in total. The minimum atomic E-state index is 0. The SMILES string of the molecule is CC1(CN)CCN(CCOc2ccccc2Cl)C1.Cl. The molecular formula is C14H22Cl2N2O. The van der Waals surface area contributed by atoms with Gasteiger partial charge < -0.3 is 10.5 Å². The van der Waals surface area contributed by atoms with Crippen molar-refractivity contribution in [2.45, 2.75) is 13.3 Å². The number of ether oxygens (including phenoxy) is 1. The molecule has 0 aromatic heterocycles. The van der Waals surface area contributed by atoms with Crippen LogP contribution in [0.25, 0.3) is 0 Å². The summed E-state index contributed by atoms with van der Waals surface area (Å²) < 4.78 is 5.70. The molecule has 5 heteroatoms. The van der Waals surface area contributed by atoms with Gasteiger partial charge in [-0.05, 0) is 37.1 Å². The topological polar surface area (TPSA) is 38.5 Å². The number of nitrogens with two attached hydrogens (primary N) is 1. The van der Waals surface area contributed by atoms with Gasteiger partial charge in [0, 0.05) is 13.1 Å². The lowest BCUT2D eigenvalue weighted by Crippen LogP contribution is -2.33. The van der Waals surface area contributed by atoms with Crippen LogP contribution in [-0.4, -0.2) is 37.7 Å². The van der Waals surface area contributed by atoms with Crippen molar-refractivity contribution in [1.29, 1.82) is 0 Å². The van der Waals surface area contributed by atoms with Crippen LogP contribution in [0.5, 0.6) is 5.75 Å². The number of hydrogen-bond acceptors (Lipinski definition) is 3. The maximum absolute atomic E-state index is 6.03. The minimum Gasteiger partial charge on any atom is -0.491 e. The van der Waals surface area contributed by atoms with Crippen molar-refractivity contribution >= 4 is 24.0 Å². The average Bonchev–Trinajstić information content (AvgIpc) is 2.75. The Morgan fingerprint density at radius 2 is 2.16 bits per heavy atom. The van der Waals surface area contributed by atoms with E-state index in [-0.39, 0.29) is 17.8 Å². The van der Waals surface area contributed by atoms with E-state index in [0.717, 1.165) is 31.9 Å². The summed E-state index contributed by atoms with van der Waals surface area (Å²) >= 11 is 6.03. The Balaban J connectivity index is 0.00000180. The summed E-state index contributed by atoms with van der Waals surface area (Å²) in [5.74, 6) is 0.764. The van der Waals surface area contributed by atoms with Gasteiger partial charge in [-0.1, -0.05) is 30.7 Å². The molecule has 1 aliphatic heterocycles. The Morgan fingerprint density at radius 3 is 2.79 bits per heavy atom. The maximum Gasteiger partial charge on any atom is 0.137 e. The highest BCUT2D eigenvalue weighted by Crippen LogP contribution is 2.28. The standard InChI is InChI=1S/C14H21ClN2O.ClH/c1-14(10-16)6-7-17(11-14)8-9-18-13-5-3-2-4-12(13)15;/h2-5H,6-11,16H2,1H3;1H. The van der Waals surface area contributed by atoms with E-state index in [0.29, 0.717) is 11.6 Å². The van der Waals surface area contributed by atoms with Gasteiger partial charge >= 0.3 is 0 Å². The largest absolute Gasteiger partial charge is 0.491 e. The van der Waals surface area contributed by atoms with Crippen LogP contribution in [0.3, 0.4) is 0 Å². The minimum absolute atomic E-state index is 0. The van der Waals surface area contributed by atoms with Crippen LogP contribution < -0.4 is 10.5 Å². The van der Waals surface area contributed by atoms with Crippen LogP contribution in [0.15, 0.2) is 24.3 Å². The number of nitrogens with zero attached hydrogens (tertiary/aromatic N) is 1. The van der Waals surface area contributed by atoms with Gasteiger partial charge in [0.2, 0.25) is 0 Å². The van der Waals surface area contributed by atoms with Gasteiger partial charge in [0.05, 0.1) is 5.02 Å². The first-order chi connectivity index (χ1) is 8.63. The summed E-state index contributed by atoms with van der Waals surface area (Å²) in [6.07, 6.45) is 1.18. The summed E-state index contributed by atoms with van der Waals surface area (Å²) in [6.45, 7) is 6.79. The molecular weight excluding hydrogens is 283 g/mol. The number of hydrogen-bond donors (Lipinski definition) is 1. The molecule has 1 unspecified atom stereocenters. The van der Waals surface area contributed by atoms with Gasteiger partial charge in [-0.15, -0.1) is 12.4 Å². The lowest BCUT2D eigenvalue weighted by molar-refractivity contribution is 0.219. The number of rotatable bonds is 5. The van der Waals surface area contributed by atoms with Gasteiger partial charge in [0.25, 0.3) is 0 Å². The van der Waals surface area contributed by atoms with Crippen LogP contribution in [0.2, 0.25) is 5.02 Å².